The second kappa shape index (κ2) is 6.86. The highest BCUT2D eigenvalue weighted by molar-refractivity contribution is 5.87. The number of carboxylic acids is 1. The first kappa shape index (κ1) is 17.1. The van der Waals surface area contributed by atoms with Gasteiger partial charge in [-0.1, -0.05) is 24.3 Å². The number of amides is 1. The van der Waals surface area contributed by atoms with Crippen LogP contribution >= 0.6 is 0 Å². The SMILES string of the molecule is CC(C)(C)OC(=O)N1CCCC1C=Cc1ccc(C(=O)O)cc1. The first-order chi connectivity index (χ1) is 10.8. The standard InChI is InChI=1S/C18H23NO4/c1-18(2,3)23-17(22)19-12-4-5-15(19)11-8-13-6-9-14(10-7-13)16(20)21/h6-11,15H,4-5,12H2,1-3H3,(H,20,21). The number of likely N-dealkylation sites (tertiary alicyclic amines) is 1. The van der Waals surface area contributed by atoms with Crippen LogP contribution in [0.25, 0.3) is 6.08 Å². The highest BCUT2D eigenvalue weighted by atomic mass is 16.6. The summed E-state index contributed by atoms with van der Waals surface area (Å²) in [7, 11) is 0. The van der Waals surface area contributed by atoms with Gasteiger partial charge in [-0.25, -0.2) is 9.59 Å². The minimum Gasteiger partial charge on any atom is -0.478 e. The van der Waals surface area contributed by atoms with E-state index in [0.717, 1.165) is 18.4 Å². The molecule has 1 N–H and O–H groups in total. The first-order valence-electron chi connectivity index (χ1n) is 7.77. The highest BCUT2D eigenvalue weighted by Crippen LogP contribution is 2.22. The van der Waals surface area contributed by atoms with Gasteiger partial charge in [-0.05, 0) is 51.3 Å². The summed E-state index contributed by atoms with van der Waals surface area (Å²) in [5.74, 6) is -0.938. The molecule has 0 bridgehead atoms. The fourth-order valence-electron chi connectivity index (χ4n) is 2.50. The number of carbonyl (C=O) groups excluding carboxylic acids is 1. The van der Waals surface area contributed by atoms with Crippen molar-refractivity contribution < 1.29 is 19.4 Å². The maximum atomic E-state index is 12.2. The van der Waals surface area contributed by atoms with Crippen molar-refractivity contribution in [2.75, 3.05) is 6.54 Å². The molecule has 0 aliphatic carbocycles. The van der Waals surface area contributed by atoms with E-state index in [9.17, 15) is 9.59 Å². The molecular weight excluding hydrogens is 294 g/mol. The van der Waals surface area contributed by atoms with Crippen LogP contribution < -0.4 is 0 Å². The quantitative estimate of drug-likeness (QED) is 0.921. The van der Waals surface area contributed by atoms with E-state index in [-0.39, 0.29) is 17.7 Å². The topological polar surface area (TPSA) is 66.8 Å². The maximum absolute atomic E-state index is 12.2. The number of carbonyl (C=O) groups is 2. The van der Waals surface area contributed by atoms with E-state index in [4.69, 9.17) is 9.84 Å². The number of carboxylic acid groups (broad SMARTS) is 1. The minimum absolute atomic E-state index is 0.0176. The van der Waals surface area contributed by atoms with Gasteiger partial charge in [0.2, 0.25) is 0 Å². The largest absolute Gasteiger partial charge is 0.478 e. The molecule has 0 aromatic heterocycles. The van der Waals surface area contributed by atoms with Crippen molar-refractivity contribution in [3.05, 3.63) is 41.5 Å². The lowest BCUT2D eigenvalue weighted by Crippen LogP contribution is -2.39. The van der Waals surface area contributed by atoms with Gasteiger partial charge >= 0.3 is 12.1 Å². The van der Waals surface area contributed by atoms with Gasteiger partial charge in [-0.2, -0.15) is 0 Å². The Kier molecular flexibility index (Phi) is 5.08. The van der Waals surface area contributed by atoms with Gasteiger partial charge in [0, 0.05) is 6.54 Å². The van der Waals surface area contributed by atoms with E-state index in [2.05, 4.69) is 0 Å². The molecule has 5 nitrogen and oxygen atoms in total. The van der Waals surface area contributed by atoms with Crippen LogP contribution in [0.4, 0.5) is 4.79 Å². The summed E-state index contributed by atoms with van der Waals surface area (Å²) in [6.45, 7) is 6.27. The van der Waals surface area contributed by atoms with Gasteiger partial charge in [0.05, 0.1) is 11.6 Å². The van der Waals surface area contributed by atoms with Gasteiger partial charge in [-0.15, -0.1) is 0 Å². The Balaban J connectivity index is 2.03. The molecule has 1 fully saturated rings. The molecule has 1 aromatic rings. The summed E-state index contributed by atoms with van der Waals surface area (Å²) in [6.07, 6.45) is 5.46. The van der Waals surface area contributed by atoms with Crippen LogP contribution in [0, 0.1) is 0 Å². The van der Waals surface area contributed by atoms with Crippen LogP contribution in [0.3, 0.4) is 0 Å². The van der Waals surface area contributed by atoms with E-state index < -0.39 is 11.6 Å². The second-order valence-electron chi connectivity index (χ2n) is 6.67. The Morgan fingerprint density at radius 1 is 1.26 bits per heavy atom. The van der Waals surface area contributed by atoms with Gasteiger partial charge in [0.15, 0.2) is 0 Å². The lowest BCUT2D eigenvalue weighted by molar-refractivity contribution is 0.0256. The zero-order valence-corrected chi connectivity index (χ0v) is 13.8. The van der Waals surface area contributed by atoms with E-state index in [1.54, 1.807) is 29.2 Å². The van der Waals surface area contributed by atoms with Gasteiger partial charge in [0.1, 0.15) is 5.60 Å². The summed E-state index contributed by atoms with van der Waals surface area (Å²) in [5, 5.41) is 8.89. The number of rotatable bonds is 3. The lowest BCUT2D eigenvalue weighted by Gasteiger charge is -2.27. The third-order valence-corrected chi connectivity index (χ3v) is 3.60. The molecule has 1 unspecified atom stereocenters. The van der Waals surface area contributed by atoms with Crippen molar-refractivity contribution in [2.24, 2.45) is 0 Å². The Hall–Kier alpha value is -2.30. The van der Waals surface area contributed by atoms with E-state index in [1.165, 1.54) is 0 Å². The lowest BCUT2D eigenvalue weighted by atomic mass is 10.1. The molecular formula is C18H23NO4. The smallest absolute Gasteiger partial charge is 0.410 e. The van der Waals surface area contributed by atoms with Gasteiger partial charge in [0.25, 0.3) is 0 Å². The third-order valence-electron chi connectivity index (χ3n) is 3.60. The number of hydrogen-bond acceptors (Lipinski definition) is 3. The Labute approximate surface area is 136 Å². The molecule has 23 heavy (non-hydrogen) atoms. The maximum Gasteiger partial charge on any atom is 0.410 e. The number of benzene rings is 1. The van der Waals surface area contributed by atoms with Crippen molar-refractivity contribution in [3.8, 4) is 0 Å². The Bertz CT molecular complexity index is 598. The monoisotopic (exact) mass is 317 g/mol. The normalized spacial score (nSPS) is 18.4. The zero-order valence-electron chi connectivity index (χ0n) is 13.8. The molecule has 1 atom stereocenters. The summed E-state index contributed by atoms with van der Waals surface area (Å²) in [4.78, 5) is 24.8. The third kappa shape index (κ3) is 4.84. The number of aromatic carboxylic acids is 1. The minimum atomic E-state index is -0.938. The molecule has 1 saturated heterocycles. The first-order valence-corrected chi connectivity index (χ1v) is 7.77. The molecule has 5 heteroatoms. The Morgan fingerprint density at radius 2 is 1.91 bits per heavy atom. The fourth-order valence-corrected chi connectivity index (χ4v) is 2.50. The predicted octanol–water partition coefficient (Wildman–Crippen LogP) is 3.80. The van der Waals surface area contributed by atoms with Crippen LogP contribution in [0.5, 0.6) is 0 Å². The number of ether oxygens (including phenoxy) is 1. The van der Waals surface area contributed by atoms with Crippen LogP contribution in [-0.2, 0) is 4.74 Å². The summed E-state index contributed by atoms with van der Waals surface area (Å²) in [5.41, 5.74) is 0.671. The summed E-state index contributed by atoms with van der Waals surface area (Å²) in [6, 6.07) is 6.67. The Morgan fingerprint density at radius 3 is 2.48 bits per heavy atom. The molecule has 0 saturated carbocycles. The van der Waals surface area contributed by atoms with Crippen LogP contribution in [0.15, 0.2) is 30.3 Å². The average molecular weight is 317 g/mol. The fraction of sp³-hybridized carbons (Fsp3) is 0.444. The zero-order chi connectivity index (χ0) is 17.0. The van der Waals surface area contributed by atoms with Crippen molar-refractivity contribution in [1.29, 1.82) is 0 Å². The van der Waals surface area contributed by atoms with E-state index in [0.29, 0.717) is 6.54 Å². The highest BCUT2D eigenvalue weighted by Gasteiger charge is 2.30. The van der Waals surface area contributed by atoms with Crippen molar-refractivity contribution in [2.45, 2.75) is 45.3 Å². The molecule has 1 heterocycles. The number of hydrogen-bond donors (Lipinski definition) is 1. The predicted molar refractivity (Wildman–Crippen MR) is 88.4 cm³/mol. The van der Waals surface area contributed by atoms with Crippen LogP contribution in [0.1, 0.15) is 49.5 Å². The van der Waals surface area contributed by atoms with Crippen molar-refractivity contribution >= 4 is 18.1 Å². The molecule has 1 aliphatic heterocycles. The average Bonchev–Trinajstić information content (AvgIpc) is 2.92. The van der Waals surface area contributed by atoms with E-state index in [1.807, 2.05) is 32.9 Å². The summed E-state index contributed by atoms with van der Waals surface area (Å²) < 4.78 is 5.43. The van der Waals surface area contributed by atoms with Gasteiger partial charge in [-0.3, -0.25) is 0 Å². The van der Waals surface area contributed by atoms with Crippen LogP contribution in [-0.4, -0.2) is 40.3 Å². The molecule has 1 amide bonds. The van der Waals surface area contributed by atoms with E-state index >= 15 is 0 Å². The molecule has 2 rings (SSSR count). The van der Waals surface area contributed by atoms with Gasteiger partial charge < -0.3 is 14.7 Å². The molecule has 0 radical (unpaired) electrons. The van der Waals surface area contributed by atoms with Crippen LogP contribution in [0.2, 0.25) is 0 Å². The number of nitrogens with zero attached hydrogens (tertiary/aromatic N) is 1. The summed E-state index contributed by atoms with van der Waals surface area (Å²) >= 11 is 0. The molecule has 1 aromatic carbocycles. The molecule has 124 valence electrons. The molecule has 0 spiro atoms. The second-order valence-corrected chi connectivity index (χ2v) is 6.67. The van der Waals surface area contributed by atoms with Crippen molar-refractivity contribution in [1.82, 2.24) is 4.90 Å². The van der Waals surface area contributed by atoms with Crippen molar-refractivity contribution in [3.63, 3.8) is 0 Å². The molecule has 1 aliphatic rings.